The summed E-state index contributed by atoms with van der Waals surface area (Å²) in [4.78, 5) is 17.7. The van der Waals surface area contributed by atoms with Gasteiger partial charge < -0.3 is 9.64 Å². The van der Waals surface area contributed by atoms with E-state index in [1.54, 1.807) is 6.92 Å². The summed E-state index contributed by atoms with van der Waals surface area (Å²) in [6.07, 6.45) is 2.27. The molecule has 5 heteroatoms. The highest BCUT2D eigenvalue weighted by molar-refractivity contribution is 7.09. The smallest absolute Gasteiger partial charge is 0.219 e. The second-order valence-corrected chi connectivity index (χ2v) is 6.65. The summed E-state index contributed by atoms with van der Waals surface area (Å²) in [5.74, 6) is 0.190. The summed E-state index contributed by atoms with van der Waals surface area (Å²) in [6.45, 7) is 6.25. The number of hydrogen-bond acceptors (Lipinski definition) is 4. The Balaban J connectivity index is 1.64. The molecule has 1 amide bonds. The van der Waals surface area contributed by atoms with Crippen LogP contribution in [0.15, 0.2) is 17.5 Å². The first-order valence-corrected chi connectivity index (χ1v) is 8.25. The molecule has 2 unspecified atom stereocenters. The number of fused-ring (bicyclic) bond motifs is 1. The van der Waals surface area contributed by atoms with E-state index < -0.39 is 0 Å². The normalized spacial score (nSPS) is 27.9. The molecule has 0 aliphatic carbocycles. The van der Waals surface area contributed by atoms with Crippen LogP contribution in [0.3, 0.4) is 0 Å². The van der Waals surface area contributed by atoms with Gasteiger partial charge in [0.1, 0.15) is 0 Å². The summed E-state index contributed by atoms with van der Waals surface area (Å²) in [5.41, 5.74) is 0. The molecule has 4 nitrogen and oxygen atoms in total. The van der Waals surface area contributed by atoms with Gasteiger partial charge in [-0.25, -0.2) is 0 Å². The van der Waals surface area contributed by atoms with Gasteiger partial charge in [-0.3, -0.25) is 9.69 Å². The molecule has 2 fully saturated rings. The predicted octanol–water partition coefficient (Wildman–Crippen LogP) is 1.96. The van der Waals surface area contributed by atoms with Gasteiger partial charge in [-0.05, 0) is 24.3 Å². The molecule has 0 N–H and O–H groups in total. The Morgan fingerprint density at radius 1 is 1.40 bits per heavy atom. The van der Waals surface area contributed by atoms with E-state index in [4.69, 9.17) is 4.74 Å². The maximum atomic E-state index is 11.8. The first-order valence-electron chi connectivity index (χ1n) is 7.37. The van der Waals surface area contributed by atoms with Crippen molar-refractivity contribution in [3.63, 3.8) is 0 Å². The Labute approximate surface area is 124 Å². The molecule has 0 bridgehead atoms. The molecule has 3 rings (SSSR count). The van der Waals surface area contributed by atoms with Gasteiger partial charge in [0.25, 0.3) is 0 Å². The molecule has 0 saturated carbocycles. The van der Waals surface area contributed by atoms with Crippen LogP contribution in [0, 0.1) is 0 Å². The fraction of sp³-hybridized carbons (Fsp3) is 0.667. The lowest BCUT2D eigenvalue weighted by Crippen LogP contribution is -2.52. The minimum absolute atomic E-state index is 0.190. The summed E-state index contributed by atoms with van der Waals surface area (Å²) in [6, 6.07) is 4.58. The molecule has 0 spiro atoms. The van der Waals surface area contributed by atoms with Crippen molar-refractivity contribution >= 4 is 17.2 Å². The van der Waals surface area contributed by atoms with Crippen molar-refractivity contribution in [2.75, 3.05) is 26.2 Å². The Morgan fingerprint density at radius 2 is 2.25 bits per heavy atom. The molecule has 2 saturated heterocycles. The van der Waals surface area contributed by atoms with E-state index >= 15 is 0 Å². The van der Waals surface area contributed by atoms with Crippen LogP contribution in [0.4, 0.5) is 0 Å². The first-order chi connectivity index (χ1) is 9.74. The van der Waals surface area contributed by atoms with E-state index in [0.717, 1.165) is 39.0 Å². The molecule has 2 aliphatic rings. The van der Waals surface area contributed by atoms with Gasteiger partial charge in [0.15, 0.2) is 0 Å². The fourth-order valence-electron chi connectivity index (χ4n) is 3.31. The number of morpholine rings is 1. The van der Waals surface area contributed by atoms with Crippen molar-refractivity contribution in [2.45, 2.75) is 38.5 Å². The lowest BCUT2D eigenvalue weighted by atomic mass is 10.0. The highest BCUT2D eigenvalue weighted by Crippen LogP contribution is 2.25. The lowest BCUT2D eigenvalue weighted by molar-refractivity contribution is -0.144. The highest BCUT2D eigenvalue weighted by Gasteiger charge is 2.35. The third-order valence-electron chi connectivity index (χ3n) is 4.33. The van der Waals surface area contributed by atoms with Crippen LogP contribution in [0.1, 0.15) is 24.6 Å². The zero-order valence-electron chi connectivity index (χ0n) is 12.0. The third-order valence-corrected chi connectivity index (χ3v) is 5.19. The summed E-state index contributed by atoms with van der Waals surface area (Å²) < 4.78 is 5.91. The number of rotatable bonds is 2. The number of amides is 1. The van der Waals surface area contributed by atoms with Crippen LogP contribution in [0.2, 0.25) is 0 Å². The molecule has 3 heterocycles. The van der Waals surface area contributed by atoms with Crippen LogP contribution in [-0.2, 0) is 16.1 Å². The van der Waals surface area contributed by atoms with Crippen molar-refractivity contribution in [3.05, 3.63) is 22.4 Å². The number of thiophene rings is 1. The molecular formula is C15H22N2O2S. The lowest BCUT2D eigenvalue weighted by Gasteiger charge is -2.39. The maximum absolute atomic E-state index is 11.8. The number of carbonyl (C=O) groups is 1. The number of carbonyl (C=O) groups excluding carboxylic acids is 1. The van der Waals surface area contributed by atoms with Crippen molar-refractivity contribution in [3.8, 4) is 0 Å². The van der Waals surface area contributed by atoms with Crippen molar-refractivity contribution in [1.82, 2.24) is 9.80 Å². The molecule has 110 valence electrons. The molecule has 2 aliphatic heterocycles. The number of ether oxygens (including phenoxy) is 1. The second kappa shape index (κ2) is 6.24. The van der Waals surface area contributed by atoms with E-state index in [2.05, 4.69) is 22.4 Å². The number of likely N-dealkylation sites (tertiary alicyclic amines) is 1. The Hall–Kier alpha value is -0.910. The molecule has 20 heavy (non-hydrogen) atoms. The average Bonchev–Trinajstić information content (AvgIpc) is 2.86. The summed E-state index contributed by atoms with van der Waals surface area (Å²) in [5, 5.41) is 2.13. The predicted molar refractivity (Wildman–Crippen MR) is 79.7 cm³/mol. The Bertz CT molecular complexity index is 449. The van der Waals surface area contributed by atoms with Crippen LogP contribution in [0.25, 0.3) is 0 Å². The minimum atomic E-state index is 0.190. The maximum Gasteiger partial charge on any atom is 0.219 e. The number of nitrogens with zero attached hydrogens (tertiary/aromatic N) is 2. The van der Waals surface area contributed by atoms with Gasteiger partial charge in [0, 0.05) is 38.0 Å². The van der Waals surface area contributed by atoms with E-state index in [9.17, 15) is 4.79 Å². The average molecular weight is 294 g/mol. The van der Waals surface area contributed by atoms with Crippen LogP contribution in [-0.4, -0.2) is 54.1 Å². The second-order valence-electron chi connectivity index (χ2n) is 5.62. The van der Waals surface area contributed by atoms with Crippen LogP contribution in [0.5, 0.6) is 0 Å². The zero-order chi connectivity index (χ0) is 13.9. The minimum Gasteiger partial charge on any atom is -0.374 e. The van der Waals surface area contributed by atoms with E-state index in [-0.39, 0.29) is 18.1 Å². The largest absolute Gasteiger partial charge is 0.374 e. The van der Waals surface area contributed by atoms with Gasteiger partial charge in [0.05, 0.1) is 18.8 Å². The van der Waals surface area contributed by atoms with Gasteiger partial charge in [0.2, 0.25) is 5.91 Å². The molecule has 2 atom stereocenters. The van der Waals surface area contributed by atoms with Gasteiger partial charge in [-0.2, -0.15) is 0 Å². The quantitative estimate of drug-likeness (QED) is 0.836. The third kappa shape index (κ3) is 3.05. The first kappa shape index (κ1) is 14.0. The standard InChI is InChI=1S/C15H22N2O2S/c1-12(18)17-8-9-19-15-5-7-16(6-4-14(15)17)11-13-3-2-10-20-13/h2-3,10,14-15H,4-9,11H2,1H3. The van der Waals surface area contributed by atoms with Gasteiger partial charge in [-0.15, -0.1) is 11.3 Å². The molecular weight excluding hydrogens is 272 g/mol. The molecule has 0 aromatic carbocycles. The van der Waals surface area contributed by atoms with Crippen molar-refractivity contribution in [1.29, 1.82) is 0 Å². The summed E-state index contributed by atoms with van der Waals surface area (Å²) in [7, 11) is 0. The van der Waals surface area contributed by atoms with Crippen molar-refractivity contribution in [2.24, 2.45) is 0 Å². The van der Waals surface area contributed by atoms with Gasteiger partial charge >= 0.3 is 0 Å². The Kier molecular flexibility index (Phi) is 4.38. The van der Waals surface area contributed by atoms with Crippen LogP contribution >= 0.6 is 11.3 Å². The SMILES string of the molecule is CC(=O)N1CCOC2CCN(Cc3cccs3)CCC21. The zero-order valence-corrected chi connectivity index (χ0v) is 12.8. The van der Waals surface area contributed by atoms with Crippen molar-refractivity contribution < 1.29 is 9.53 Å². The number of hydrogen-bond donors (Lipinski definition) is 0. The van der Waals surface area contributed by atoms with Gasteiger partial charge in [-0.1, -0.05) is 6.07 Å². The highest BCUT2D eigenvalue weighted by atomic mass is 32.1. The van der Waals surface area contributed by atoms with E-state index in [1.807, 2.05) is 16.2 Å². The molecule has 1 aromatic heterocycles. The topological polar surface area (TPSA) is 32.8 Å². The van der Waals surface area contributed by atoms with E-state index in [0.29, 0.717) is 6.61 Å². The molecule has 0 radical (unpaired) electrons. The fourth-order valence-corrected chi connectivity index (χ4v) is 4.05. The van der Waals surface area contributed by atoms with Crippen LogP contribution < -0.4 is 0 Å². The Morgan fingerprint density at radius 3 is 3.00 bits per heavy atom. The monoisotopic (exact) mass is 294 g/mol. The summed E-state index contributed by atoms with van der Waals surface area (Å²) >= 11 is 1.82. The van der Waals surface area contributed by atoms with E-state index in [1.165, 1.54) is 4.88 Å². The molecule has 1 aromatic rings.